The lowest BCUT2D eigenvalue weighted by atomic mass is 9.96. The van der Waals surface area contributed by atoms with E-state index in [2.05, 4.69) is 0 Å². The van der Waals surface area contributed by atoms with Crippen LogP contribution in [-0.2, 0) is 6.42 Å². The van der Waals surface area contributed by atoms with Crippen LogP contribution in [0.1, 0.15) is 27.5 Å². The largest absolute Gasteiger partial charge is 0.492 e. The van der Waals surface area contributed by atoms with Crippen molar-refractivity contribution in [3.63, 3.8) is 0 Å². The first-order chi connectivity index (χ1) is 9.27. The molecule has 2 aromatic rings. The Bertz CT molecular complexity index is 607. The highest BCUT2D eigenvalue weighted by Gasteiger charge is 2.24. The van der Waals surface area contributed by atoms with Crippen LogP contribution in [0.5, 0.6) is 5.75 Å². The van der Waals surface area contributed by atoms with E-state index >= 15 is 0 Å². The van der Waals surface area contributed by atoms with E-state index in [4.69, 9.17) is 10.5 Å². The van der Waals surface area contributed by atoms with E-state index in [9.17, 15) is 4.79 Å². The summed E-state index contributed by atoms with van der Waals surface area (Å²) in [5, 5.41) is 0. The van der Waals surface area contributed by atoms with Gasteiger partial charge in [0.25, 0.3) is 0 Å². The molecule has 96 valence electrons. The maximum atomic E-state index is 12.5. The molecule has 19 heavy (non-hydrogen) atoms. The summed E-state index contributed by atoms with van der Waals surface area (Å²) in [6.45, 7) is 0.639. The number of ketones is 1. The van der Waals surface area contributed by atoms with Gasteiger partial charge in [0.05, 0.1) is 18.2 Å². The number of carbonyl (C=O) groups excluding carboxylic acids is 1. The fourth-order valence-corrected chi connectivity index (χ4v) is 2.39. The second-order valence-corrected chi connectivity index (χ2v) is 4.64. The Morgan fingerprint density at radius 2 is 1.89 bits per heavy atom. The Morgan fingerprint density at radius 1 is 1.11 bits per heavy atom. The molecule has 1 aliphatic heterocycles. The average molecular weight is 253 g/mol. The number of Topliss-reactive ketones (excluding diaryl/α,β-unsaturated/α-hetero) is 1. The fourth-order valence-electron chi connectivity index (χ4n) is 2.39. The highest BCUT2D eigenvalue weighted by atomic mass is 16.5. The minimum atomic E-state index is -0.642. The van der Waals surface area contributed by atoms with Crippen molar-refractivity contribution in [2.24, 2.45) is 5.73 Å². The number of ether oxygens (including phenoxy) is 1. The molecule has 2 aromatic carbocycles. The number of hydrogen-bond acceptors (Lipinski definition) is 3. The van der Waals surface area contributed by atoms with Gasteiger partial charge >= 0.3 is 0 Å². The lowest BCUT2D eigenvalue weighted by Crippen LogP contribution is -2.22. The fraction of sp³-hybridized carbons (Fsp3) is 0.188. The molecule has 0 bridgehead atoms. The third-order valence-corrected chi connectivity index (χ3v) is 3.42. The Morgan fingerprint density at radius 3 is 2.68 bits per heavy atom. The molecule has 0 radical (unpaired) electrons. The van der Waals surface area contributed by atoms with Gasteiger partial charge in [-0.3, -0.25) is 4.79 Å². The van der Waals surface area contributed by atoms with E-state index in [0.29, 0.717) is 17.9 Å². The van der Waals surface area contributed by atoms with Gasteiger partial charge in [0, 0.05) is 6.42 Å². The molecule has 2 N–H and O–H groups in total. The summed E-state index contributed by atoms with van der Waals surface area (Å²) in [6.07, 6.45) is 0.858. The zero-order chi connectivity index (χ0) is 13.2. The number of rotatable bonds is 3. The van der Waals surface area contributed by atoms with Crippen LogP contribution in [0.25, 0.3) is 0 Å². The molecule has 0 fully saturated rings. The number of fused-ring (bicyclic) bond motifs is 1. The van der Waals surface area contributed by atoms with Crippen LogP contribution in [0.2, 0.25) is 0 Å². The lowest BCUT2D eigenvalue weighted by molar-refractivity contribution is 0.0958. The van der Waals surface area contributed by atoms with Crippen LogP contribution in [0, 0.1) is 0 Å². The summed E-state index contributed by atoms with van der Waals surface area (Å²) in [7, 11) is 0. The zero-order valence-corrected chi connectivity index (χ0v) is 10.5. The predicted octanol–water partition coefficient (Wildman–Crippen LogP) is 2.50. The van der Waals surface area contributed by atoms with Crippen molar-refractivity contribution in [2.75, 3.05) is 6.61 Å². The minimum absolute atomic E-state index is 0.0926. The number of carbonyl (C=O) groups is 1. The number of nitrogens with two attached hydrogens (primary N) is 1. The van der Waals surface area contributed by atoms with Crippen molar-refractivity contribution in [3.8, 4) is 5.75 Å². The highest BCUT2D eigenvalue weighted by Crippen LogP contribution is 2.31. The van der Waals surface area contributed by atoms with Crippen molar-refractivity contribution in [3.05, 3.63) is 65.2 Å². The standard InChI is InChI=1S/C16H15NO2/c17-14(11-5-2-1-3-6-11)15(18)13-8-4-7-12-9-10-19-16(12)13/h1-8,14H,9-10,17H2. The van der Waals surface area contributed by atoms with Crippen LogP contribution >= 0.6 is 0 Å². The van der Waals surface area contributed by atoms with Crippen molar-refractivity contribution in [1.82, 2.24) is 0 Å². The molecule has 0 saturated carbocycles. The molecular formula is C16H15NO2. The zero-order valence-electron chi connectivity index (χ0n) is 10.5. The maximum Gasteiger partial charge on any atom is 0.187 e. The van der Waals surface area contributed by atoms with Crippen molar-refractivity contribution in [2.45, 2.75) is 12.5 Å². The van der Waals surface area contributed by atoms with E-state index in [0.717, 1.165) is 17.5 Å². The van der Waals surface area contributed by atoms with Crippen LogP contribution in [0.15, 0.2) is 48.5 Å². The lowest BCUT2D eigenvalue weighted by Gasteiger charge is -2.13. The summed E-state index contributed by atoms with van der Waals surface area (Å²) in [5.74, 6) is 0.615. The predicted molar refractivity (Wildman–Crippen MR) is 73.3 cm³/mol. The van der Waals surface area contributed by atoms with Gasteiger partial charge in [-0.25, -0.2) is 0 Å². The van der Waals surface area contributed by atoms with Gasteiger partial charge in [0.1, 0.15) is 5.75 Å². The maximum absolute atomic E-state index is 12.5. The third-order valence-electron chi connectivity index (χ3n) is 3.42. The molecule has 0 saturated heterocycles. The first-order valence-electron chi connectivity index (χ1n) is 6.37. The summed E-state index contributed by atoms with van der Waals surface area (Å²) < 4.78 is 5.56. The molecule has 1 heterocycles. The minimum Gasteiger partial charge on any atom is -0.492 e. The topological polar surface area (TPSA) is 52.3 Å². The summed E-state index contributed by atoms with van der Waals surface area (Å²) in [5.41, 5.74) is 8.56. The second kappa shape index (κ2) is 4.86. The summed E-state index contributed by atoms with van der Waals surface area (Å²) in [6, 6.07) is 14.4. The van der Waals surface area contributed by atoms with Crippen molar-refractivity contribution in [1.29, 1.82) is 0 Å². The smallest absolute Gasteiger partial charge is 0.187 e. The molecule has 0 amide bonds. The summed E-state index contributed by atoms with van der Waals surface area (Å²) >= 11 is 0. The normalized spacial score (nSPS) is 14.6. The van der Waals surface area contributed by atoms with Crippen LogP contribution < -0.4 is 10.5 Å². The molecule has 1 unspecified atom stereocenters. The van der Waals surface area contributed by atoms with Gasteiger partial charge in [0.15, 0.2) is 5.78 Å². The first kappa shape index (κ1) is 11.9. The molecular weight excluding hydrogens is 238 g/mol. The SMILES string of the molecule is NC(C(=O)c1cccc2c1OCC2)c1ccccc1. The molecule has 1 atom stereocenters. The molecule has 3 nitrogen and oxygen atoms in total. The third kappa shape index (κ3) is 2.13. The highest BCUT2D eigenvalue weighted by molar-refractivity contribution is 6.03. The molecule has 0 aromatic heterocycles. The van der Waals surface area contributed by atoms with Crippen LogP contribution in [0.3, 0.4) is 0 Å². The number of para-hydroxylation sites is 1. The van der Waals surface area contributed by atoms with E-state index in [-0.39, 0.29) is 5.78 Å². The van der Waals surface area contributed by atoms with Gasteiger partial charge in [-0.1, -0.05) is 42.5 Å². The Balaban J connectivity index is 1.95. The molecule has 0 aliphatic carbocycles. The van der Waals surface area contributed by atoms with Gasteiger partial charge in [-0.2, -0.15) is 0 Å². The molecule has 1 aliphatic rings. The average Bonchev–Trinajstić information content (AvgIpc) is 2.95. The second-order valence-electron chi connectivity index (χ2n) is 4.64. The molecule has 3 heteroatoms. The number of benzene rings is 2. The van der Waals surface area contributed by atoms with Crippen molar-refractivity contribution >= 4 is 5.78 Å². The van der Waals surface area contributed by atoms with Gasteiger partial charge in [-0.15, -0.1) is 0 Å². The molecule has 0 spiro atoms. The van der Waals surface area contributed by atoms with Crippen molar-refractivity contribution < 1.29 is 9.53 Å². The Hall–Kier alpha value is -2.13. The quantitative estimate of drug-likeness (QED) is 0.855. The van der Waals surface area contributed by atoms with E-state index in [1.54, 1.807) is 6.07 Å². The van der Waals surface area contributed by atoms with Crippen LogP contribution in [-0.4, -0.2) is 12.4 Å². The van der Waals surface area contributed by atoms with Gasteiger partial charge < -0.3 is 10.5 Å². The first-order valence-corrected chi connectivity index (χ1v) is 6.37. The molecule has 3 rings (SSSR count). The van der Waals surface area contributed by atoms with E-state index in [1.165, 1.54) is 0 Å². The Labute approximate surface area is 112 Å². The van der Waals surface area contributed by atoms with Crippen LogP contribution in [0.4, 0.5) is 0 Å². The van der Waals surface area contributed by atoms with E-state index in [1.807, 2.05) is 42.5 Å². The van der Waals surface area contributed by atoms with E-state index < -0.39 is 6.04 Å². The Kier molecular flexibility index (Phi) is 3.05. The van der Waals surface area contributed by atoms with Gasteiger partial charge in [0.2, 0.25) is 0 Å². The number of hydrogen-bond donors (Lipinski definition) is 1. The summed E-state index contributed by atoms with van der Waals surface area (Å²) in [4.78, 5) is 12.5. The monoisotopic (exact) mass is 253 g/mol. The van der Waals surface area contributed by atoms with Gasteiger partial charge in [-0.05, 0) is 17.2 Å².